The molecule has 2 amide bonds. The number of aliphatic hydroxyl groups is 1. The lowest BCUT2D eigenvalue weighted by Crippen LogP contribution is -2.48. The van der Waals surface area contributed by atoms with Crippen molar-refractivity contribution in [3.8, 4) is 12.3 Å². The minimum Gasteiger partial charge on any atom is -0.390 e. The molecule has 2 atom stereocenters. The molecule has 7 nitrogen and oxygen atoms in total. The van der Waals surface area contributed by atoms with Crippen LogP contribution in [0.5, 0.6) is 0 Å². The van der Waals surface area contributed by atoms with E-state index in [9.17, 15) is 23.5 Å². The summed E-state index contributed by atoms with van der Waals surface area (Å²) < 4.78 is 28.1. The average Bonchev–Trinajstić information content (AvgIpc) is 3.83. The number of rotatable bonds is 16. The average molecular weight is 617 g/mol. The molecule has 0 aromatic heterocycles. The van der Waals surface area contributed by atoms with E-state index in [1.54, 1.807) is 11.0 Å². The van der Waals surface area contributed by atoms with Crippen molar-refractivity contribution >= 4 is 17.5 Å². The zero-order chi connectivity index (χ0) is 32.3. The molecular weight excluding hydrogens is 574 g/mol. The van der Waals surface area contributed by atoms with Gasteiger partial charge in [-0.3, -0.25) is 9.59 Å². The second kappa shape index (κ2) is 16.2. The fourth-order valence-corrected chi connectivity index (χ4v) is 5.26. The van der Waals surface area contributed by atoms with Gasteiger partial charge >= 0.3 is 0 Å². The van der Waals surface area contributed by atoms with E-state index < -0.39 is 29.7 Å². The van der Waals surface area contributed by atoms with Crippen molar-refractivity contribution in [2.45, 2.75) is 70.7 Å². The van der Waals surface area contributed by atoms with Crippen LogP contribution in [0.15, 0.2) is 60.7 Å². The molecule has 238 valence electrons. The number of carbonyl (C=O) groups excluding carboxylic acids is 2. The first-order valence-electron chi connectivity index (χ1n) is 15.6. The molecule has 0 heterocycles. The van der Waals surface area contributed by atoms with Crippen LogP contribution < -0.4 is 16.0 Å². The molecule has 1 aliphatic rings. The maximum absolute atomic E-state index is 14.0. The zero-order valence-electron chi connectivity index (χ0n) is 25.9. The van der Waals surface area contributed by atoms with Gasteiger partial charge in [0.15, 0.2) is 0 Å². The number of hydrogen-bond donors (Lipinski definition) is 4. The monoisotopic (exact) mass is 616 g/mol. The lowest BCUT2D eigenvalue weighted by Gasteiger charge is -2.25. The maximum Gasteiger partial charge on any atom is 0.253 e. The normalized spacial score (nSPS) is 13.9. The van der Waals surface area contributed by atoms with Crippen LogP contribution in [0.3, 0.4) is 0 Å². The van der Waals surface area contributed by atoms with Crippen LogP contribution in [0.1, 0.15) is 76.9 Å². The Hall–Kier alpha value is -4.26. The SMILES string of the molecule is C#Cc1cc(C(=O)N[C@@H](Cc2cc(F)cc(F)c2)[C@H](O)CNCc2cccc(NC3CC3)c2)cc(C(=O)N(CCC)CCC)c1. The molecule has 1 fully saturated rings. The molecule has 9 heteroatoms. The van der Waals surface area contributed by atoms with E-state index in [1.807, 2.05) is 38.1 Å². The largest absolute Gasteiger partial charge is 0.390 e. The number of amides is 2. The van der Waals surface area contributed by atoms with Crippen LogP contribution in [0.4, 0.5) is 14.5 Å². The second-order valence-electron chi connectivity index (χ2n) is 11.6. The number of terminal acetylenes is 1. The van der Waals surface area contributed by atoms with Gasteiger partial charge in [0, 0.05) is 60.7 Å². The number of aliphatic hydroxyl groups excluding tert-OH is 1. The summed E-state index contributed by atoms with van der Waals surface area (Å²) in [5.41, 5.74) is 3.14. The highest BCUT2D eigenvalue weighted by atomic mass is 19.1. The predicted molar refractivity (Wildman–Crippen MR) is 173 cm³/mol. The number of anilines is 1. The summed E-state index contributed by atoms with van der Waals surface area (Å²) in [6.07, 6.45) is 8.41. The molecule has 3 aromatic rings. The number of nitrogens with one attached hydrogen (secondary N) is 3. The molecule has 0 bridgehead atoms. The number of carbonyl (C=O) groups is 2. The van der Waals surface area contributed by atoms with Gasteiger partial charge in [-0.2, -0.15) is 0 Å². The van der Waals surface area contributed by atoms with Crippen molar-refractivity contribution < 1.29 is 23.5 Å². The van der Waals surface area contributed by atoms with Gasteiger partial charge in [0.1, 0.15) is 11.6 Å². The maximum atomic E-state index is 14.0. The molecule has 45 heavy (non-hydrogen) atoms. The standard InChI is InChI=1S/C36H42F2N4O3/c1-4-12-42(13-5-2)36(45)28-15-24(6-3)14-27(20-28)35(44)41-33(19-26-16-29(37)21-30(38)17-26)34(43)23-39-22-25-8-7-9-32(18-25)40-31-10-11-31/h3,7-9,14-18,20-21,31,33-34,39-40,43H,4-5,10-13,19,22-23H2,1-2H3,(H,41,44)/t33-,34+/m0/s1. The number of hydrogen-bond acceptors (Lipinski definition) is 5. The number of halogens is 2. The van der Waals surface area contributed by atoms with Crippen LogP contribution in [-0.4, -0.2) is 59.6 Å². The molecule has 1 aliphatic carbocycles. The zero-order valence-corrected chi connectivity index (χ0v) is 25.9. The van der Waals surface area contributed by atoms with Crippen LogP contribution in [-0.2, 0) is 13.0 Å². The number of benzene rings is 3. The van der Waals surface area contributed by atoms with Crippen molar-refractivity contribution in [3.05, 3.63) is 100 Å². The quantitative estimate of drug-likeness (QED) is 0.165. The topological polar surface area (TPSA) is 93.7 Å². The Labute approximate surface area is 264 Å². The first kappa shape index (κ1) is 33.6. The molecule has 4 N–H and O–H groups in total. The first-order chi connectivity index (χ1) is 21.7. The van der Waals surface area contributed by atoms with E-state index in [0.29, 0.717) is 36.8 Å². The van der Waals surface area contributed by atoms with Crippen LogP contribution in [0.25, 0.3) is 0 Å². The van der Waals surface area contributed by atoms with E-state index in [0.717, 1.165) is 43.0 Å². The summed E-state index contributed by atoms with van der Waals surface area (Å²) in [4.78, 5) is 28.6. The third-order valence-electron chi connectivity index (χ3n) is 7.60. The van der Waals surface area contributed by atoms with Gasteiger partial charge in [-0.25, -0.2) is 8.78 Å². The van der Waals surface area contributed by atoms with E-state index in [4.69, 9.17) is 6.42 Å². The highest BCUT2D eigenvalue weighted by Gasteiger charge is 2.25. The Morgan fingerprint density at radius 3 is 2.31 bits per heavy atom. The molecule has 0 saturated heterocycles. The summed E-state index contributed by atoms with van der Waals surface area (Å²) in [6, 6.07) is 15.3. The van der Waals surface area contributed by atoms with Gasteiger partial charge in [-0.1, -0.05) is 31.9 Å². The minimum atomic E-state index is -1.12. The minimum absolute atomic E-state index is 0.0363. The third-order valence-corrected chi connectivity index (χ3v) is 7.60. The summed E-state index contributed by atoms with van der Waals surface area (Å²) in [7, 11) is 0. The summed E-state index contributed by atoms with van der Waals surface area (Å²) in [6.45, 7) is 5.68. The Morgan fingerprint density at radius 1 is 0.978 bits per heavy atom. The molecule has 0 aliphatic heterocycles. The summed E-state index contributed by atoms with van der Waals surface area (Å²) in [5.74, 6) is 0.209. The fourth-order valence-electron chi connectivity index (χ4n) is 5.26. The fraction of sp³-hybridized carbons (Fsp3) is 0.389. The van der Waals surface area contributed by atoms with Gasteiger partial charge in [-0.15, -0.1) is 6.42 Å². The summed E-state index contributed by atoms with van der Waals surface area (Å²) in [5, 5.41) is 20.7. The highest BCUT2D eigenvalue weighted by molar-refractivity contribution is 6.00. The summed E-state index contributed by atoms with van der Waals surface area (Å²) >= 11 is 0. The van der Waals surface area contributed by atoms with Crippen LogP contribution in [0.2, 0.25) is 0 Å². The third kappa shape index (κ3) is 10.1. The van der Waals surface area contributed by atoms with Crippen molar-refractivity contribution in [2.24, 2.45) is 0 Å². The Morgan fingerprint density at radius 2 is 1.67 bits per heavy atom. The van der Waals surface area contributed by atoms with Crippen molar-refractivity contribution in [1.82, 2.24) is 15.5 Å². The molecule has 1 saturated carbocycles. The van der Waals surface area contributed by atoms with Gasteiger partial charge in [0.05, 0.1) is 12.1 Å². The van der Waals surface area contributed by atoms with E-state index in [1.165, 1.54) is 24.3 Å². The van der Waals surface area contributed by atoms with E-state index in [-0.39, 0.29) is 30.0 Å². The highest BCUT2D eigenvalue weighted by Crippen LogP contribution is 2.25. The lowest BCUT2D eigenvalue weighted by atomic mass is 9.99. The second-order valence-corrected chi connectivity index (χ2v) is 11.6. The van der Waals surface area contributed by atoms with Crippen LogP contribution >= 0.6 is 0 Å². The Kier molecular flexibility index (Phi) is 12.1. The van der Waals surface area contributed by atoms with E-state index in [2.05, 4.69) is 21.9 Å². The number of nitrogens with zero attached hydrogens (tertiary/aromatic N) is 1. The van der Waals surface area contributed by atoms with Gasteiger partial charge < -0.3 is 26.0 Å². The van der Waals surface area contributed by atoms with Crippen LogP contribution in [0, 0.1) is 24.0 Å². The van der Waals surface area contributed by atoms with Crippen molar-refractivity contribution in [1.29, 1.82) is 0 Å². The predicted octanol–water partition coefficient (Wildman–Crippen LogP) is 5.27. The smallest absolute Gasteiger partial charge is 0.253 e. The molecule has 0 radical (unpaired) electrons. The molecular formula is C36H42F2N4O3. The molecule has 3 aromatic carbocycles. The van der Waals surface area contributed by atoms with Crippen molar-refractivity contribution in [2.75, 3.05) is 25.0 Å². The first-order valence-corrected chi connectivity index (χ1v) is 15.6. The molecule has 0 spiro atoms. The van der Waals surface area contributed by atoms with Gasteiger partial charge in [0.25, 0.3) is 11.8 Å². The lowest BCUT2D eigenvalue weighted by molar-refractivity contribution is 0.0755. The van der Waals surface area contributed by atoms with Gasteiger partial charge in [0.2, 0.25) is 0 Å². The van der Waals surface area contributed by atoms with Gasteiger partial charge in [-0.05, 0) is 85.7 Å². The van der Waals surface area contributed by atoms with E-state index >= 15 is 0 Å². The Balaban J connectivity index is 1.51. The Bertz CT molecular complexity index is 1490. The van der Waals surface area contributed by atoms with Crippen molar-refractivity contribution in [3.63, 3.8) is 0 Å². The molecule has 0 unspecified atom stereocenters. The molecule has 4 rings (SSSR count).